The SMILES string of the molecule is NC(=O)NC(=O)C(c1ccccc1)N1CCCc2ccccc21. The summed E-state index contributed by atoms with van der Waals surface area (Å²) in [6.45, 7) is 0.753. The van der Waals surface area contributed by atoms with Crippen LogP contribution in [0.2, 0.25) is 0 Å². The molecule has 118 valence electrons. The van der Waals surface area contributed by atoms with E-state index in [4.69, 9.17) is 5.73 Å². The highest BCUT2D eigenvalue weighted by molar-refractivity contribution is 5.98. The molecule has 0 aromatic heterocycles. The van der Waals surface area contributed by atoms with Crippen molar-refractivity contribution in [1.82, 2.24) is 5.32 Å². The van der Waals surface area contributed by atoms with Crippen LogP contribution >= 0.6 is 0 Å². The number of nitrogens with one attached hydrogen (secondary N) is 1. The average molecular weight is 309 g/mol. The molecular weight excluding hydrogens is 290 g/mol. The first-order valence-corrected chi connectivity index (χ1v) is 7.66. The normalized spacial score (nSPS) is 14.7. The topological polar surface area (TPSA) is 75.4 Å². The van der Waals surface area contributed by atoms with Crippen LogP contribution in [0.3, 0.4) is 0 Å². The summed E-state index contributed by atoms with van der Waals surface area (Å²) in [7, 11) is 0. The van der Waals surface area contributed by atoms with Crippen molar-refractivity contribution in [2.24, 2.45) is 5.73 Å². The zero-order valence-corrected chi connectivity index (χ0v) is 12.7. The lowest BCUT2D eigenvalue weighted by Gasteiger charge is -2.37. The highest BCUT2D eigenvalue weighted by Crippen LogP contribution is 2.34. The Labute approximate surface area is 135 Å². The second kappa shape index (κ2) is 6.52. The van der Waals surface area contributed by atoms with Crippen LogP contribution in [0.15, 0.2) is 54.6 Å². The number of carbonyl (C=O) groups excluding carboxylic acids is 2. The molecule has 0 spiro atoms. The van der Waals surface area contributed by atoms with Crippen molar-refractivity contribution < 1.29 is 9.59 Å². The zero-order valence-electron chi connectivity index (χ0n) is 12.7. The molecule has 0 fully saturated rings. The van der Waals surface area contributed by atoms with Crippen molar-refractivity contribution in [2.45, 2.75) is 18.9 Å². The summed E-state index contributed by atoms with van der Waals surface area (Å²) in [4.78, 5) is 25.8. The third kappa shape index (κ3) is 3.18. The standard InChI is InChI=1S/C18H19N3O2/c19-18(23)20-17(22)16(14-8-2-1-3-9-14)21-12-6-10-13-7-4-5-11-15(13)21/h1-5,7-9,11,16H,6,10,12H2,(H3,19,20,22,23). The number of benzene rings is 2. The monoisotopic (exact) mass is 309 g/mol. The van der Waals surface area contributed by atoms with E-state index in [2.05, 4.69) is 11.4 Å². The van der Waals surface area contributed by atoms with Gasteiger partial charge in [0.2, 0.25) is 0 Å². The number of carbonyl (C=O) groups is 2. The van der Waals surface area contributed by atoms with Crippen LogP contribution in [0.5, 0.6) is 0 Å². The van der Waals surface area contributed by atoms with Crippen LogP contribution in [-0.4, -0.2) is 18.5 Å². The molecule has 5 nitrogen and oxygen atoms in total. The van der Waals surface area contributed by atoms with Gasteiger partial charge in [0.15, 0.2) is 0 Å². The smallest absolute Gasteiger partial charge is 0.318 e. The fourth-order valence-electron chi connectivity index (χ4n) is 3.13. The van der Waals surface area contributed by atoms with Gasteiger partial charge in [0.25, 0.3) is 5.91 Å². The van der Waals surface area contributed by atoms with Crippen molar-refractivity contribution in [1.29, 1.82) is 0 Å². The summed E-state index contributed by atoms with van der Waals surface area (Å²) in [5.41, 5.74) is 8.23. The van der Waals surface area contributed by atoms with E-state index < -0.39 is 18.0 Å². The molecule has 1 aliphatic heterocycles. The molecule has 23 heavy (non-hydrogen) atoms. The molecule has 0 saturated carbocycles. The number of fused-ring (bicyclic) bond motifs is 1. The summed E-state index contributed by atoms with van der Waals surface area (Å²) in [5.74, 6) is -0.402. The summed E-state index contributed by atoms with van der Waals surface area (Å²) < 4.78 is 0. The fraction of sp³-hybridized carbons (Fsp3) is 0.222. The Balaban J connectivity index is 2.03. The third-order valence-corrected chi connectivity index (χ3v) is 4.07. The summed E-state index contributed by atoms with van der Waals surface area (Å²) in [6.07, 6.45) is 1.95. The number of para-hydroxylation sites is 1. The zero-order chi connectivity index (χ0) is 16.2. The first-order valence-electron chi connectivity index (χ1n) is 7.66. The van der Waals surface area contributed by atoms with Gasteiger partial charge in [-0.3, -0.25) is 10.1 Å². The van der Waals surface area contributed by atoms with Gasteiger partial charge < -0.3 is 10.6 Å². The Morgan fingerprint density at radius 3 is 2.48 bits per heavy atom. The maximum Gasteiger partial charge on any atom is 0.318 e. The molecule has 0 bridgehead atoms. The molecule has 0 aliphatic carbocycles. The van der Waals surface area contributed by atoms with Gasteiger partial charge in [0, 0.05) is 12.2 Å². The second-order valence-corrected chi connectivity index (χ2v) is 5.59. The number of primary amides is 1. The number of hydrogen-bond donors (Lipinski definition) is 2. The lowest BCUT2D eigenvalue weighted by Crippen LogP contribution is -2.46. The number of aryl methyl sites for hydroxylation is 1. The minimum Gasteiger partial charge on any atom is -0.356 e. The Hall–Kier alpha value is -2.82. The number of hydrogen-bond acceptors (Lipinski definition) is 3. The van der Waals surface area contributed by atoms with E-state index >= 15 is 0 Å². The van der Waals surface area contributed by atoms with Crippen molar-refractivity contribution in [2.75, 3.05) is 11.4 Å². The van der Waals surface area contributed by atoms with Gasteiger partial charge in [-0.2, -0.15) is 0 Å². The fourth-order valence-corrected chi connectivity index (χ4v) is 3.13. The molecular formula is C18H19N3O2. The molecule has 1 heterocycles. The third-order valence-electron chi connectivity index (χ3n) is 4.07. The van der Waals surface area contributed by atoms with E-state index in [0.29, 0.717) is 0 Å². The number of imide groups is 1. The highest BCUT2D eigenvalue weighted by Gasteiger charge is 2.31. The number of nitrogens with two attached hydrogens (primary N) is 1. The van der Waals surface area contributed by atoms with Gasteiger partial charge in [-0.25, -0.2) is 4.79 Å². The summed E-state index contributed by atoms with van der Waals surface area (Å²) >= 11 is 0. The van der Waals surface area contributed by atoms with Crippen molar-refractivity contribution in [3.63, 3.8) is 0 Å². The predicted octanol–water partition coefficient (Wildman–Crippen LogP) is 2.38. The molecule has 0 radical (unpaired) electrons. The molecule has 0 saturated heterocycles. The van der Waals surface area contributed by atoms with Gasteiger partial charge >= 0.3 is 6.03 Å². The minimum absolute atomic E-state index is 0.402. The number of urea groups is 1. The van der Waals surface area contributed by atoms with E-state index in [9.17, 15) is 9.59 Å². The van der Waals surface area contributed by atoms with E-state index in [0.717, 1.165) is 30.6 Å². The Morgan fingerprint density at radius 1 is 1.04 bits per heavy atom. The summed E-state index contributed by atoms with van der Waals surface area (Å²) in [6, 6.07) is 16.1. The molecule has 2 aromatic rings. The number of anilines is 1. The molecule has 5 heteroatoms. The number of rotatable bonds is 3. The first-order chi connectivity index (χ1) is 11.2. The van der Waals surface area contributed by atoms with Crippen molar-refractivity contribution in [3.05, 3.63) is 65.7 Å². The molecule has 3 amide bonds. The molecule has 1 aliphatic rings. The van der Waals surface area contributed by atoms with E-state index in [1.807, 2.05) is 53.4 Å². The van der Waals surface area contributed by atoms with Gasteiger partial charge in [0.05, 0.1) is 0 Å². The second-order valence-electron chi connectivity index (χ2n) is 5.59. The Kier molecular flexibility index (Phi) is 4.28. The van der Waals surface area contributed by atoms with E-state index in [1.165, 1.54) is 5.56 Å². The highest BCUT2D eigenvalue weighted by atomic mass is 16.2. The Morgan fingerprint density at radius 2 is 1.74 bits per heavy atom. The van der Waals surface area contributed by atoms with E-state index in [-0.39, 0.29) is 0 Å². The lowest BCUT2D eigenvalue weighted by atomic mass is 9.96. The summed E-state index contributed by atoms with van der Waals surface area (Å²) in [5, 5.41) is 2.23. The minimum atomic E-state index is -0.832. The van der Waals surface area contributed by atoms with Gasteiger partial charge in [-0.15, -0.1) is 0 Å². The van der Waals surface area contributed by atoms with Gasteiger partial charge in [-0.1, -0.05) is 48.5 Å². The van der Waals surface area contributed by atoms with Crippen LogP contribution in [0.1, 0.15) is 23.6 Å². The maximum absolute atomic E-state index is 12.6. The molecule has 3 rings (SSSR count). The molecule has 1 atom stereocenters. The van der Waals surface area contributed by atoms with Crippen molar-refractivity contribution >= 4 is 17.6 Å². The largest absolute Gasteiger partial charge is 0.356 e. The van der Waals surface area contributed by atoms with Crippen LogP contribution in [-0.2, 0) is 11.2 Å². The number of nitrogens with zero attached hydrogens (tertiary/aromatic N) is 1. The van der Waals surface area contributed by atoms with Crippen LogP contribution in [0.4, 0.5) is 10.5 Å². The Bertz CT molecular complexity index is 715. The predicted molar refractivity (Wildman–Crippen MR) is 89.0 cm³/mol. The molecule has 2 aromatic carbocycles. The van der Waals surface area contributed by atoms with E-state index in [1.54, 1.807) is 0 Å². The maximum atomic E-state index is 12.6. The lowest BCUT2D eigenvalue weighted by molar-refractivity contribution is -0.121. The van der Waals surface area contributed by atoms with Crippen LogP contribution in [0, 0.1) is 0 Å². The molecule has 3 N–H and O–H groups in total. The van der Waals surface area contributed by atoms with Crippen LogP contribution in [0.25, 0.3) is 0 Å². The first kappa shape index (κ1) is 15.1. The number of amides is 3. The van der Waals surface area contributed by atoms with Crippen molar-refractivity contribution in [3.8, 4) is 0 Å². The average Bonchev–Trinajstić information content (AvgIpc) is 2.56. The quantitative estimate of drug-likeness (QED) is 0.914. The van der Waals surface area contributed by atoms with Gasteiger partial charge in [-0.05, 0) is 30.0 Å². The van der Waals surface area contributed by atoms with Crippen LogP contribution < -0.4 is 16.0 Å². The molecule has 1 unspecified atom stereocenters. The van der Waals surface area contributed by atoms with Gasteiger partial charge in [0.1, 0.15) is 6.04 Å².